The Labute approximate surface area is 110 Å². The average molecular weight is 248 g/mol. The van der Waals surface area contributed by atoms with Gasteiger partial charge in [-0.3, -0.25) is 4.90 Å². The molecular formula is C15H24N2O. The van der Waals surface area contributed by atoms with E-state index < -0.39 is 0 Å². The topological polar surface area (TPSA) is 24.5 Å². The number of hydrogen-bond acceptors (Lipinski definition) is 3. The monoisotopic (exact) mass is 248 g/mol. The summed E-state index contributed by atoms with van der Waals surface area (Å²) in [6.07, 6.45) is 1.44. The Morgan fingerprint density at radius 1 is 1.44 bits per heavy atom. The van der Waals surface area contributed by atoms with Gasteiger partial charge in [0.2, 0.25) is 0 Å². The van der Waals surface area contributed by atoms with Crippen LogP contribution in [0.3, 0.4) is 0 Å². The maximum Gasteiger partial charge on any atom is 0.0670 e. The average Bonchev–Trinajstić information content (AvgIpc) is 2.39. The largest absolute Gasteiger partial charge is 0.380 e. The van der Waals surface area contributed by atoms with E-state index in [0.29, 0.717) is 0 Å². The van der Waals surface area contributed by atoms with E-state index in [-0.39, 0.29) is 6.10 Å². The molecule has 0 aromatic heterocycles. The molecule has 1 atom stereocenters. The van der Waals surface area contributed by atoms with Crippen LogP contribution in [0.4, 0.5) is 0 Å². The quantitative estimate of drug-likeness (QED) is 0.860. The Balaban J connectivity index is 2.05. The standard InChI is InChI=1S/C15H24N2O/c1-12(18-3)10-17(2)11-14-6-4-5-13-9-16-8-7-15(13)14/h4-6,12,16H,7-11H2,1-3H3. The minimum Gasteiger partial charge on any atom is -0.380 e. The van der Waals surface area contributed by atoms with Crippen LogP contribution in [0.15, 0.2) is 18.2 Å². The number of methoxy groups -OCH3 is 1. The maximum absolute atomic E-state index is 5.32. The lowest BCUT2D eigenvalue weighted by molar-refractivity contribution is 0.0836. The third-order valence-electron chi connectivity index (χ3n) is 3.65. The third-order valence-corrected chi connectivity index (χ3v) is 3.65. The molecular weight excluding hydrogens is 224 g/mol. The lowest BCUT2D eigenvalue weighted by Gasteiger charge is -2.25. The second-order valence-corrected chi connectivity index (χ2v) is 5.22. The Kier molecular flexibility index (Phi) is 4.75. The van der Waals surface area contributed by atoms with Crippen molar-refractivity contribution < 1.29 is 4.74 Å². The molecule has 0 fully saturated rings. The summed E-state index contributed by atoms with van der Waals surface area (Å²) in [5.74, 6) is 0. The number of rotatable bonds is 5. The van der Waals surface area contributed by atoms with Gasteiger partial charge >= 0.3 is 0 Å². The van der Waals surface area contributed by atoms with Crippen molar-refractivity contribution in [1.82, 2.24) is 10.2 Å². The summed E-state index contributed by atoms with van der Waals surface area (Å²) in [6.45, 7) is 6.21. The summed E-state index contributed by atoms with van der Waals surface area (Å²) in [4.78, 5) is 2.34. The van der Waals surface area contributed by atoms with Crippen molar-refractivity contribution in [2.45, 2.75) is 32.5 Å². The zero-order valence-corrected chi connectivity index (χ0v) is 11.7. The van der Waals surface area contributed by atoms with E-state index in [0.717, 1.165) is 32.6 Å². The van der Waals surface area contributed by atoms with E-state index in [9.17, 15) is 0 Å². The molecule has 1 aromatic carbocycles. The van der Waals surface area contributed by atoms with Gasteiger partial charge in [-0.1, -0.05) is 18.2 Å². The molecule has 0 radical (unpaired) electrons. The number of nitrogens with one attached hydrogen (secondary N) is 1. The Morgan fingerprint density at radius 3 is 3.06 bits per heavy atom. The lowest BCUT2D eigenvalue weighted by atomic mass is 9.95. The van der Waals surface area contributed by atoms with E-state index in [1.54, 1.807) is 12.7 Å². The van der Waals surface area contributed by atoms with Crippen LogP contribution in [0.25, 0.3) is 0 Å². The molecule has 3 nitrogen and oxygen atoms in total. The van der Waals surface area contributed by atoms with Gasteiger partial charge in [-0.05, 0) is 43.6 Å². The fourth-order valence-corrected chi connectivity index (χ4v) is 2.63. The normalized spacial score (nSPS) is 16.7. The predicted molar refractivity (Wildman–Crippen MR) is 74.7 cm³/mol. The molecule has 3 heteroatoms. The van der Waals surface area contributed by atoms with Crippen molar-refractivity contribution in [1.29, 1.82) is 0 Å². The molecule has 1 heterocycles. The molecule has 0 spiro atoms. The fraction of sp³-hybridized carbons (Fsp3) is 0.600. The lowest BCUT2D eigenvalue weighted by Crippen LogP contribution is -2.30. The third kappa shape index (κ3) is 3.31. The van der Waals surface area contributed by atoms with Gasteiger partial charge in [-0.25, -0.2) is 0 Å². The van der Waals surface area contributed by atoms with Crippen LogP contribution in [0.1, 0.15) is 23.6 Å². The number of likely N-dealkylation sites (N-methyl/N-ethyl adjacent to an activating group) is 1. The SMILES string of the molecule is COC(C)CN(C)Cc1cccc2c1CCNC2. The van der Waals surface area contributed by atoms with Crippen molar-refractivity contribution >= 4 is 0 Å². The summed E-state index contributed by atoms with van der Waals surface area (Å²) >= 11 is 0. The Morgan fingerprint density at radius 2 is 2.28 bits per heavy atom. The van der Waals surface area contributed by atoms with E-state index in [4.69, 9.17) is 4.74 Å². The van der Waals surface area contributed by atoms with Crippen molar-refractivity contribution in [2.75, 3.05) is 27.2 Å². The first-order valence-corrected chi connectivity index (χ1v) is 6.72. The van der Waals surface area contributed by atoms with Crippen LogP contribution in [0, 0.1) is 0 Å². The first-order valence-electron chi connectivity index (χ1n) is 6.72. The van der Waals surface area contributed by atoms with Gasteiger partial charge in [-0.15, -0.1) is 0 Å². The van der Waals surface area contributed by atoms with Crippen LogP contribution in [0.2, 0.25) is 0 Å². The highest BCUT2D eigenvalue weighted by molar-refractivity contribution is 5.36. The number of fused-ring (bicyclic) bond motifs is 1. The highest BCUT2D eigenvalue weighted by Crippen LogP contribution is 2.19. The van der Waals surface area contributed by atoms with E-state index in [2.05, 4.69) is 42.4 Å². The first-order chi connectivity index (χ1) is 8.70. The molecule has 0 aliphatic carbocycles. The van der Waals surface area contributed by atoms with E-state index >= 15 is 0 Å². The molecule has 18 heavy (non-hydrogen) atoms. The van der Waals surface area contributed by atoms with Crippen molar-refractivity contribution in [3.8, 4) is 0 Å². The van der Waals surface area contributed by atoms with Crippen LogP contribution in [0.5, 0.6) is 0 Å². The van der Waals surface area contributed by atoms with Gasteiger partial charge in [0.15, 0.2) is 0 Å². The molecule has 0 bridgehead atoms. The first kappa shape index (κ1) is 13.5. The fourth-order valence-electron chi connectivity index (χ4n) is 2.63. The van der Waals surface area contributed by atoms with E-state index in [1.165, 1.54) is 11.1 Å². The van der Waals surface area contributed by atoms with E-state index in [1.807, 2.05) is 0 Å². The summed E-state index contributed by atoms with van der Waals surface area (Å²) in [5.41, 5.74) is 4.49. The molecule has 2 rings (SSSR count). The van der Waals surface area contributed by atoms with Gasteiger partial charge in [0, 0.05) is 26.7 Å². The van der Waals surface area contributed by atoms with Gasteiger partial charge in [-0.2, -0.15) is 0 Å². The van der Waals surface area contributed by atoms with Gasteiger partial charge < -0.3 is 10.1 Å². The van der Waals surface area contributed by atoms with Gasteiger partial charge in [0.05, 0.1) is 6.10 Å². The number of hydrogen-bond donors (Lipinski definition) is 1. The molecule has 1 unspecified atom stereocenters. The second kappa shape index (κ2) is 6.32. The molecule has 1 aliphatic rings. The van der Waals surface area contributed by atoms with Crippen molar-refractivity contribution in [2.24, 2.45) is 0 Å². The number of ether oxygens (including phenoxy) is 1. The molecule has 0 saturated heterocycles. The summed E-state index contributed by atoms with van der Waals surface area (Å²) in [6, 6.07) is 6.68. The van der Waals surface area contributed by atoms with Crippen LogP contribution < -0.4 is 5.32 Å². The van der Waals surface area contributed by atoms with Gasteiger partial charge in [0.1, 0.15) is 0 Å². The summed E-state index contributed by atoms with van der Waals surface area (Å²) < 4.78 is 5.32. The predicted octanol–water partition coefficient (Wildman–Crippen LogP) is 1.80. The highest BCUT2D eigenvalue weighted by Gasteiger charge is 2.14. The molecule has 1 aliphatic heterocycles. The minimum absolute atomic E-state index is 0.288. The number of nitrogens with zero attached hydrogens (tertiary/aromatic N) is 1. The molecule has 0 saturated carbocycles. The Bertz CT molecular complexity index is 392. The number of benzene rings is 1. The van der Waals surface area contributed by atoms with Crippen LogP contribution >= 0.6 is 0 Å². The zero-order chi connectivity index (χ0) is 13.0. The van der Waals surface area contributed by atoms with Crippen molar-refractivity contribution in [3.63, 3.8) is 0 Å². The molecule has 100 valence electrons. The molecule has 1 N–H and O–H groups in total. The van der Waals surface area contributed by atoms with Gasteiger partial charge in [0.25, 0.3) is 0 Å². The van der Waals surface area contributed by atoms with Crippen LogP contribution in [-0.2, 0) is 24.2 Å². The van der Waals surface area contributed by atoms with Crippen LogP contribution in [-0.4, -0.2) is 38.3 Å². The summed E-state index contributed by atoms with van der Waals surface area (Å²) in [7, 11) is 3.94. The Hall–Kier alpha value is -0.900. The molecule has 1 aromatic rings. The molecule has 0 amide bonds. The zero-order valence-electron chi connectivity index (χ0n) is 11.7. The smallest absolute Gasteiger partial charge is 0.0670 e. The highest BCUT2D eigenvalue weighted by atomic mass is 16.5. The maximum atomic E-state index is 5.32. The van der Waals surface area contributed by atoms with Crippen molar-refractivity contribution in [3.05, 3.63) is 34.9 Å². The minimum atomic E-state index is 0.288. The summed E-state index contributed by atoms with van der Waals surface area (Å²) in [5, 5.41) is 3.43. The second-order valence-electron chi connectivity index (χ2n) is 5.22.